The third-order valence-electron chi connectivity index (χ3n) is 4.17. The molecule has 1 heterocycles. The predicted molar refractivity (Wildman–Crippen MR) is 83.5 cm³/mol. The van der Waals surface area contributed by atoms with E-state index < -0.39 is 0 Å². The molecule has 4 nitrogen and oxygen atoms in total. The Balaban J connectivity index is 1.56. The fourth-order valence-corrected chi connectivity index (χ4v) is 3.02. The summed E-state index contributed by atoms with van der Waals surface area (Å²) < 4.78 is 7.98. The summed E-state index contributed by atoms with van der Waals surface area (Å²) in [5.41, 5.74) is 2.88. The van der Waals surface area contributed by atoms with E-state index in [9.17, 15) is 0 Å². The molecule has 3 rings (SSSR count). The van der Waals surface area contributed by atoms with Gasteiger partial charge in [-0.25, -0.2) is 4.98 Å². The lowest BCUT2D eigenvalue weighted by Crippen LogP contribution is -2.21. The van der Waals surface area contributed by atoms with Crippen molar-refractivity contribution >= 4 is 0 Å². The van der Waals surface area contributed by atoms with Gasteiger partial charge in [0.2, 0.25) is 0 Å². The van der Waals surface area contributed by atoms with E-state index in [2.05, 4.69) is 33.1 Å². The normalized spacial score (nSPS) is 17.5. The molecule has 0 saturated heterocycles. The number of imidazole rings is 1. The van der Waals surface area contributed by atoms with Crippen molar-refractivity contribution in [1.29, 1.82) is 0 Å². The maximum Gasteiger partial charge on any atom is 0.119 e. The Labute approximate surface area is 126 Å². The van der Waals surface area contributed by atoms with Gasteiger partial charge in [0.1, 0.15) is 5.75 Å². The van der Waals surface area contributed by atoms with Crippen LogP contribution >= 0.6 is 0 Å². The number of ether oxygens (including phenoxy) is 1. The lowest BCUT2D eigenvalue weighted by Gasteiger charge is -2.25. The molecule has 0 amide bonds. The average molecular weight is 285 g/mol. The SMILES string of the molecule is CNC1CCCc2ccc(OCCCn3ccnc3)cc21. The Morgan fingerprint density at radius 2 is 2.38 bits per heavy atom. The molecule has 1 aromatic carbocycles. The minimum atomic E-state index is 0.475. The second-order valence-corrected chi connectivity index (χ2v) is 5.60. The average Bonchev–Trinajstić information content (AvgIpc) is 3.04. The van der Waals surface area contributed by atoms with Crippen molar-refractivity contribution in [2.45, 2.75) is 38.3 Å². The van der Waals surface area contributed by atoms with E-state index >= 15 is 0 Å². The first kappa shape index (κ1) is 14.1. The molecule has 0 bridgehead atoms. The Hall–Kier alpha value is -1.81. The third kappa shape index (κ3) is 3.45. The lowest BCUT2D eigenvalue weighted by molar-refractivity contribution is 0.300. The van der Waals surface area contributed by atoms with Gasteiger partial charge in [-0.05, 0) is 56.0 Å². The minimum Gasteiger partial charge on any atom is -0.494 e. The highest BCUT2D eigenvalue weighted by Gasteiger charge is 2.19. The highest BCUT2D eigenvalue weighted by molar-refractivity contribution is 5.39. The van der Waals surface area contributed by atoms with Crippen LogP contribution in [0.4, 0.5) is 0 Å². The van der Waals surface area contributed by atoms with E-state index in [4.69, 9.17) is 4.74 Å². The summed E-state index contributed by atoms with van der Waals surface area (Å²) in [5, 5.41) is 3.41. The molecule has 4 heteroatoms. The number of aryl methyl sites for hydroxylation is 2. The molecule has 112 valence electrons. The Bertz CT molecular complexity index is 565. The maximum absolute atomic E-state index is 5.90. The molecule has 1 atom stereocenters. The van der Waals surface area contributed by atoms with Crippen LogP contribution in [-0.4, -0.2) is 23.2 Å². The summed E-state index contributed by atoms with van der Waals surface area (Å²) >= 11 is 0. The molecule has 0 aliphatic heterocycles. The molecule has 21 heavy (non-hydrogen) atoms. The first-order valence-corrected chi connectivity index (χ1v) is 7.75. The number of hydrogen-bond donors (Lipinski definition) is 1. The van der Waals surface area contributed by atoms with Crippen molar-refractivity contribution in [3.8, 4) is 5.75 Å². The van der Waals surface area contributed by atoms with Crippen LogP contribution < -0.4 is 10.1 Å². The van der Waals surface area contributed by atoms with Crippen LogP contribution in [-0.2, 0) is 13.0 Å². The smallest absolute Gasteiger partial charge is 0.119 e. The highest BCUT2D eigenvalue weighted by Crippen LogP contribution is 2.32. The monoisotopic (exact) mass is 285 g/mol. The van der Waals surface area contributed by atoms with E-state index in [1.165, 1.54) is 30.4 Å². The number of rotatable bonds is 6. The van der Waals surface area contributed by atoms with Gasteiger partial charge in [0.15, 0.2) is 0 Å². The largest absolute Gasteiger partial charge is 0.494 e. The molecule has 0 saturated carbocycles. The van der Waals surface area contributed by atoms with Gasteiger partial charge >= 0.3 is 0 Å². The van der Waals surface area contributed by atoms with Crippen molar-refractivity contribution in [2.75, 3.05) is 13.7 Å². The van der Waals surface area contributed by atoms with Gasteiger partial charge in [0.25, 0.3) is 0 Å². The summed E-state index contributed by atoms with van der Waals surface area (Å²) in [5.74, 6) is 0.988. The zero-order chi connectivity index (χ0) is 14.5. The second-order valence-electron chi connectivity index (χ2n) is 5.60. The number of hydrogen-bond acceptors (Lipinski definition) is 3. The molecule has 1 unspecified atom stereocenters. The van der Waals surface area contributed by atoms with Crippen LogP contribution in [0.3, 0.4) is 0 Å². The fraction of sp³-hybridized carbons (Fsp3) is 0.471. The van der Waals surface area contributed by atoms with Gasteiger partial charge in [-0.15, -0.1) is 0 Å². The number of aromatic nitrogens is 2. The molecule has 0 fully saturated rings. The van der Waals surface area contributed by atoms with Crippen molar-refractivity contribution in [2.24, 2.45) is 0 Å². The molecule has 1 aromatic heterocycles. The first-order chi connectivity index (χ1) is 10.4. The quantitative estimate of drug-likeness (QED) is 0.829. The van der Waals surface area contributed by atoms with E-state index in [1.807, 2.05) is 25.8 Å². The van der Waals surface area contributed by atoms with Crippen LogP contribution in [0, 0.1) is 0 Å². The van der Waals surface area contributed by atoms with E-state index in [-0.39, 0.29) is 0 Å². The van der Waals surface area contributed by atoms with Gasteiger partial charge in [-0.1, -0.05) is 6.07 Å². The maximum atomic E-state index is 5.90. The molecule has 1 aliphatic rings. The highest BCUT2D eigenvalue weighted by atomic mass is 16.5. The predicted octanol–water partition coefficient (Wildman–Crippen LogP) is 2.95. The van der Waals surface area contributed by atoms with Crippen LogP contribution in [0.15, 0.2) is 36.9 Å². The van der Waals surface area contributed by atoms with Crippen molar-refractivity contribution in [1.82, 2.24) is 14.9 Å². The van der Waals surface area contributed by atoms with E-state index in [1.54, 1.807) is 0 Å². The van der Waals surface area contributed by atoms with Crippen LogP contribution in [0.1, 0.15) is 36.4 Å². The number of benzene rings is 1. The summed E-state index contributed by atoms with van der Waals surface area (Å²) in [4.78, 5) is 4.04. The van der Waals surface area contributed by atoms with Crippen LogP contribution in [0.25, 0.3) is 0 Å². The molecule has 2 aromatic rings. The summed E-state index contributed by atoms with van der Waals surface area (Å²) in [6, 6.07) is 7.02. The Morgan fingerprint density at radius 1 is 1.43 bits per heavy atom. The van der Waals surface area contributed by atoms with Crippen molar-refractivity contribution in [3.63, 3.8) is 0 Å². The number of nitrogens with one attached hydrogen (secondary N) is 1. The fourth-order valence-electron chi connectivity index (χ4n) is 3.02. The van der Waals surface area contributed by atoms with E-state index in [0.717, 1.165) is 25.3 Å². The van der Waals surface area contributed by atoms with Crippen LogP contribution in [0.2, 0.25) is 0 Å². The minimum absolute atomic E-state index is 0.475. The zero-order valence-electron chi connectivity index (χ0n) is 12.6. The molecular weight excluding hydrogens is 262 g/mol. The third-order valence-corrected chi connectivity index (χ3v) is 4.17. The molecule has 1 N–H and O–H groups in total. The number of fused-ring (bicyclic) bond motifs is 1. The zero-order valence-corrected chi connectivity index (χ0v) is 12.6. The summed E-state index contributed by atoms with van der Waals surface area (Å²) in [6.45, 7) is 1.69. The molecule has 1 aliphatic carbocycles. The summed E-state index contributed by atoms with van der Waals surface area (Å²) in [6.07, 6.45) is 10.3. The van der Waals surface area contributed by atoms with E-state index in [0.29, 0.717) is 6.04 Å². The van der Waals surface area contributed by atoms with Gasteiger partial charge in [-0.2, -0.15) is 0 Å². The van der Waals surface area contributed by atoms with Crippen molar-refractivity contribution < 1.29 is 4.74 Å². The first-order valence-electron chi connectivity index (χ1n) is 7.75. The molecule has 0 spiro atoms. The van der Waals surface area contributed by atoms with Crippen LogP contribution in [0.5, 0.6) is 5.75 Å². The standard InChI is InChI=1S/C17H23N3O/c1-18-17-5-2-4-14-6-7-15(12-16(14)17)21-11-3-9-20-10-8-19-13-20/h6-8,10,12-13,17-18H,2-5,9,11H2,1H3. The lowest BCUT2D eigenvalue weighted by atomic mass is 9.87. The molecule has 0 radical (unpaired) electrons. The topological polar surface area (TPSA) is 39.1 Å². The van der Waals surface area contributed by atoms with Gasteiger partial charge in [0, 0.05) is 25.0 Å². The van der Waals surface area contributed by atoms with Gasteiger partial charge in [-0.3, -0.25) is 0 Å². The second kappa shape index (κ2) is 6.76. The van der Waals surface area contributed by atoms with Gasteiger partial charge in [0.05, 0.1) is 12.9 Å². The Kier molecular flexibility index (Phi) is 4.55. The van der Waals surface area contributed by atoms with Gasteiger partial charge < -0.3 is 14.6 Å². The molecular formula is C17H23N3O. The summed E-state index contributed by atoms with van der Waals surface area (Å²) in [7, 11) is 2.04. The Morgan fingerprint density at radius 3 is 3.19 bits per heavy atom. The van der Waals surface area contributed by atoms with Crippen molar-refractivity contribution in [3.05, 3.63) is 48.0 Å². The number of nitrogens with zero attached hydrogens (tertiary/aromatic N) is 2.